The molecule has 0 radical (unpaired) electrons. The summed E-state index contributed by atoms with van der Waals surface area (Å²) >= 11 is 0. The standard InChI is InChI=1S/C12H24N4/c1-16-7-3-6-11(16)9-15-12(13)14-8-10-4-2-5-10/h10-11H,2-9H2,1H3,(H3,13,14,15). The van der Waals surface area contributed by atoms with Crippen molar-refractivity contribution in [2.24, 2.45) is 16.6 Å². The van der Waals surface area contributed by atoms with E-state index < -0.39 is 0 Å². The van der Waals surface area contributed by atoms with Crippen LogP contribution in [-0.2, 0) is 0 Å². The fourth-order valence-electron chi connectivity index (χ4n) is 2.42. The van der Waals surface area contributed by atoms with Crippen LogP contribution in [0.5, 0.6) is 0 Å². The molecule has 4 nitrogen and oxygen atoms in total. The van der Waals surface area contributed by atoms with Crippen LogP contribution in [0.25, 0.3) is 0 Å². The Balaban J connectivity index is 1.63. The van der Waals surface area contributed by atoms with Crippen molar-refractivity contribution in [2.75, 3.05) is 26.7 Å². The van der Waals surface area contributed by atoms with E-state index in [1.165, 1.54) is 38.6 Å². The summed E-state index contributed by atoms with van der Waals surface area (Å²) in [6, 6.07) is 0.637. The molecule has 3 N–H and O–H groups in total. The van der Waals surface area contributed by atoms with Crippen molar-refractivity contribution in [3.05, 3.63) is 0 Å². The van der Waals surface area contributed by atoms with Crippen molar-refractivity contribution in [3.63, 3.8) is 0 Å². The van der Waals surface area contributed by atoms with E-state index in [2.05, 4.69) is 22.3 Å². The smallest absolute Gasteiger partial charge is 0.188 e. The summed E-state index contributed by atoms with van der Waals surface area (Å²) in [5.41, 5.74) is 5.84. The van der Waals surface area contributed by atoms with Crippen LogP contribution in [0.4, 0.5) is 0 Å². The Hall–Kier alpha value is -0.770. The molecular weight excluding hydrogens is 200 g/mol. The van der Waals surface area contributed by atoms with Gasteiger partial charge in [-0.3, -0.25) is 4.99 Å². The highest BCUT2D eigenvalue weighted by Gasteiger charge is 2.20. The van der Waals surface area contributed by atoms with Crippen molar-refractivity contribution in [1.29, 1.82) is 0 Å². The Morgan fingerprint density at radius 2 is 2.19 bits per heavy atom. The molecule has 0 amide bonds. The molecule has 1 atom stereocenters. The van der Waals surface area contributed by atoms with Gasteiger partial charge in [0.1, 0.15) is 0 Å². The second kappa shape index (κ2) is 5.53. The zero-order valence-corrected chi connectivity index (χ0v) is 10.3. The Kier molecular flexibility index (Phi) is 4.04. The van der Waals surface area contributed by atoms with Gasteiger partial charge in [-0.15, -0.1) is 0 Å². The topological polar surface area (TPSA) is 53.6 Å². The Morgan fingerprint density at radius 1 is 1.38 bits per heavy atom. The molecule has 1 heterocycles. The van der Waals surface area contributed by atoms with Gasteiger partial charge in [-0.1, -0.05) is 6.42 Å². The molecule has 2 fully saturated rings. The number of aliphatic imine (C=N–C) groups is 1. The van der Waals surface area contributed by atoms with Crippen LogP contribution in [0.15, 0.2) is 4.99 Å². The number of hydrogen-bond acceptors (Lipinski definition) is 2. The summed E-state index contributed by atoms with van der Waals surface area (Å²) < 4.78 is 0. The molecule has 2 aliphatic rings. The lowest BCUT2D eigenvalue weighted by molar-refractivity contribution is 0.309. The summed E-state index contributed by atoms with van der Waals surface area (Å²) in [5.74, 6) is 1.43. The molecule has 1 saturated carbocycles. The van der Waals surface area contributed by atoms with E-state index in [0.717, 1.165) is 19.0 Å². The first-order chi connectivity index (χ1) is 7.75. The van der Waals surface area contributed by atoms with Gasteiger partial charge >= 0.3 is 0 Å². The number of nitrogens with zero attached hydrogens (tertiary/aromatic N) is 2. The molecule has 2 rings (SSSR count). The number of rotatable bonds is 4. The quantitative estimate of drug-likeness (QED) is 0.548. The van der Waals surface area contributed by atoms with Gasteiger partial charge in [0.25, 0.3) is 0 Å². The number of nitrogens with two attached hydrogens (primary N) is 1. The van der Waals surface area contributed by atoms with E-state index in [1.807, 2.05) is 0 Å². The molecular formula is C12H24N4. The summed E-state index contributed by atoms with van der Waals surface area (Å²) in [4.78, 5) is 6.79. The summed E-state index contributed by atoms with van der Waals surface area (Å²) in [6.45, 7) is 3.07. The van der Waals surface area contributed by atoms with Crippen LogP contribution in [-0.4, -0.2) is 43.6 Å². The first-order valence-corrected chi connectivity index (χ1v) is 6.49. The van der Waals surface area contributed by atoms with Crippen LogP contribution in [0.2, 0.25) is 0 Å². The molecule has 0 aromatic rings. The summed E-state index contributed by atoms with van der Waals surface area (Å²) in [6.07, 6.45) is 6.63. The molecule has 0 bridgehead atoms. The van der Waals surface area contributed by atoms with E-state index in [9.17, 15) is 0 Å². The minimum atomic E-state index is 0.632. The maximum atomic E-state index is 5.84. The average molecular weight is 224 g/mol. The molecule has 92 valence electrons. The number of guanidine groups is 1. The van der Waals surface area contributed by atoms with Crippen molar-refractivity contribution < 1.29 is 0 Å². The third kappa shape index (κ3) is 3.11. The molecule has 0 aromatic carbocycles. The number of hydrogen-bond donors (Lipinski definition) is 2. The highest BCUT2D eigenvalue weighted by Crippen LogP contribution is 2.26. The maximum Gasteiger partial charge on any atom is 0.188 e. The molecule has 1 aliphatic carbocycles. The second-order valence-electron chi connectivity index (χ2n) is 5.18. The highest BCUT2D eigenvalue weighted by molar-refractivity contribution is 5.77. The van der Waals surface area contributed by atoms with Gasteiger partial charge in [-0.25, -0.2) is 0 Å². The predicted octanol–water partition coefficient (Wildman–Crippen LogP) is 0.785. The molecule has 4 heteroatoms. The van der Waals surface area contributed by atoms with E-state index in [0.29, 0.717) is 12.0 Å². The van der Waals surface area contributed by atoms with Crippen molar-refractivity contribution in [1.82, 2.24) is 10.2 Å². The third-order valence-corrected chi connectivity index (χ3v) is 3.93. The van der Waals surface area contributed by atoms with Gasteiger partial charge in [0.05, 0.1) is 0 Å². The Morgan fingerprint density at radius 3 is 2.75 bits per heavy atom. The molecule has 1 aliphatic heterocycles. The second-order valence-corrected chi connectivity index (χ2v) is 5.18. The van der Waals surface area contributed by atoms with Crippen LogP contribution in [0.1, 0.15) is 32.1 Å². The van der Waals surface area contributed by atoms with E-state index in [1.54, 1.807) is 0 Å². The number of nitrogens with one attached hydrogen (secondary N) is 1. The van der Waals surface area contributed by atoms with Gasteiger partial charge < -0.3 is 16.0 Å². The van der Waals surface area contributed by atoms with Gasteiger partial charge in [0.15, 0.2) is 5.96 Å². The fourth-order valence-corrected chi connectivity index (χ4v) is 2.42. The number of likely N-dealkylation sites (N-methyl/N-ethyl adjacent to an activating group) is 1. The van der Waals surface area contributed by atoms with E-state index in [4.69, 9.17) is 5.73 Å². The first kappa shape index (κ1) is 11.7. The van der Waals surface area contributed by atoms with Gasteiger partial charge in [0, 0.05) is 19.1 Å². The third-order valence-electron chi connectivity index (χ3n) is 3.93. The van der Waals surface area contributed by atoms with Crippen LogP contribution in [0, 0.1) is 5.92 Å². The van der Waals surface area contributed by atoms with Gasteiger partial charge in [0.2, 0.25) is 0 Å². The van der Waals surface area contributed by atoms with Crippen molar-refractivity contribution in [3.8, 4) is 0 Å². The summed E-state index contributed by atoms with van der Waals surface area (Å²) in [5, 5.41) is 3.24. The van der Waals surface area contributed by atoms with Gasteiger partial charge in [-0.2, -0.15) is 0 Å². The minimum absolute atomic E-state index is 0.632. The van der Waals surface area contributed by atoms with E-state index in [-0.39, 0.29) is 0 Å². The Labute approximate surface area is 98.3 Å². The fraction of sp³-hybridized carbons (Fsp3) is 0.917. The average Bonchev–Trinajstić information content (AvgIpc) is 2.59. The molecule has 16 heavy (non-hydrogen) atoms. The first-order valence-electron chi connectivity index (χ1n) is 6.49. The SMILES string of the molecule is CN1CCCC1CNC(N)=NCC1CCC1. The number of likely N-dealkylation sites (tertiary alicyclic amines) is 1. The largest absolute Gasteiger partial charge is 0.370 e. The zero-order chi connectivity index (χ0) is 11.4. The van der Waals surface area contributed by atoms with Gasteiger partial charge in [-0.05, 0) is 45.2 Å². The van der Waals surface area contributed by atoms with Crippen LogP contribution in [0.3, 0.4) is 0 Å². The minimum Gasteiger partial charge on any atom is -0.370 e. The molecule has 0 spiro atoms. The molecule has 1 unspecified atom stereocenters. The van der Waals surface area contributed by atoms with Crippen LogP contribution < -0.4 is 11.1 Å². The van der Waals surface area contributed by atoms with Crippen molar-refractivity contribution in [2.45, 2.75) is 38.1 Å². The maximum absolute atomic E-state index is 5.84. The molecule has 1 saturated heterocycles. The van der Waals surface area contributed by atoms with E-state index >= 15 is 0 Å². The lowest BCUT2D eigenvalue weighted by atomic mass is 9.86. The Bertz CT molecular complexity index is 247. The normalized spacial score (nSPS) is 28.1. The summed E-state index contributed by atoms with van der Waals surface area (Å²) in [7, 11) is 2.18. The van der Waals surface area contributed by atoms with Crippen LogP contribution >= 0.6 is 0 Å². The molecule has 0 aromatic heterocycles. The van der Waals surface area contributed by atoms with Crippen molar-refractivity contribution >= 4 is 5.96 Å². The lowest BCUT2D eigenvalue weighted by Crippen LogP contribution is -2.41. The highest BCUT2D eigenvalue weighted by atomic mass is 15.2. The lowest BCUT2D eigenvalue weighted by Gasteiger charge is -2.23. The monoisotopic (exact) mass is 224 g/mol. The predicted molar refractivity (Wildman–Crippen MR) is 67.5 cm³/mol. The zero-order valence-electron chi connectivity index (χ0n) is 10.3.